The Balaban J connectivity index is 2.20. The fourth-order valence-electron chi connectivity index (χ4n) is 1.65. The van der Waals surface area contributed by atoms with E-state index in [1.165, 1.54) is 48.5 Å². The Kier molecular flexibility index (Phi) is 5.00. The summed E-state index contributed by atoms with van der Waals surface area (Å²) in [5.74, 6) is -2.53. The molecule has 0 unspecified atom stereocenters. The number of nitrogens with zero attached hydrogens (tertiary/aromatic N) is 1. The molecule has 2 rings (SSSR count). The summed E-state index contributed by atoms with van der Waals surface area (Å²) >= 11 is 0.380. The van der Waals surface area contributed by atoms with Gasteiger partial charge in [0.15, 0.2) is 0 Å². The van der Waals surface area contributed by atoms with Crippen LogP contribution in [-0.2, 0) is 10.0 Å². The topological polar surface area (TPSA) is 70.0 Å². The smallest absolute Gasteiger partial charge is 0.280 e. The van der Waals surface area contributed by atoms with Crippen molar-refractivity contribution >= 4 is 27.5 Å². The fourth-order valence-corrected chi connectivity index (χ4v) is 3.25. The van der Waals surface area contributed by atoms with E-state index in [9.17, 15) is 17.2 Å². The van der Waals surface area contributed by atoms with Crippen LogP contribution in [0, 0.1) is 11.3 Å². The van der Waals surface area contributed by atoms with Crippen LogP contribution in [0.25, 0.3) is 0 Å². The second kappa shape index (κ2) is 6.77. The number of thioether (sulfide) groups is 1. The maximum absolute atomic E-state index is 12.2. The molecule has 2 aromatic rings. The summed E-state index contributed by atoms with van der Waals surface area (Å²) in [5, 5.41) is 8.79. The van der Waals surface area contributed by atoms with Gasteiger partial charge in [0.2, 0.25) is 0 Å². The summed E-state index contributed by atoms with van der Waals surface area (Å²) in [4.78, 5) is 0.294. The summed E-state index contributed by atoms with van der Waals surface area (Å²) in [7, 11) is -3.84. The molecule has 0 atom stereocenters. The van der Waals surface area contributed by atoms with Gasteiger partial charge in [0, 0.05) is 10.6 Å². The summed E-state index contributed by atoms with van der Waals surface area (Å²) in [6.45, 7) is 0. The first kappa shape index (κ1) is 16.3. The van der Waals surface area contributed by atoms with E-state index in [0.29, 0.717) is 16.7 Å². The van der Waals surface area contributed by atoms with Gasteiger partial charge in [0.1, 0.15) is 0 Å². The SMILES string of the molecule is N#Cc1cccc(S(=O)(=O)Nc2ccc(SC(F)F)cc2)c1. The van der Waals surface area contributed by atoms with Gasteiger partial charge in [-0.05, 0) is 42.5 Å². The van der Waals surface area contributed by atoms with E-state index in [0.717, 1.165) is 0 Å². The number of alkyl halides is 2. The maximum Gasteiger partial charge on any atom is 0.288 e. The normalized spacial score (nSPS) is 11.2. The lowest BCUT2D eigenvalue weighted by Gasteiger charge is -2.09. The number of hydrogen-bond acceptors (Lipinski definition) is 4. The molecular weight excluding hydrogens is 330 g/mol. The molecule has 0 saturated carbocycles. The standard InChI is InChI=1S/C14H10F2N2O2S2/c15-14(16)21-12-6-4-11(5-7-12)18-22(19,20)13-3-1-2-10(8-13)9-17/h1-8,14,18H. The van der Waals surface area contributed by atoms with Crippen LogP contribution in [-0.4, -0.2) is 14.2 Å². The van der Waals surface area contributed by atoms with Crippen LogP contribution in [0.2, 0.25) is 0 Å². The molecule has 114 valence electrons. The van der Waals surface area contributed by atoms with Crippen LogP contribution >= 0.6 is 11.8 Å². The second-order valence-electron chi connectivity index (χ2n) is 4.15. The highest BCUT2D eigenvalue weighted by Gasteiger charge is 2.15. The van der Waals surface area contributed by atoms with Gasteiger partial charge in [-0.25, -0.2) is 8.42 Å². The van der Waals surface area contributed by atoms with E-state index in [1.54, 1.807) is 0 Å². The lowest BCUT2D eigenvalue weighted by molar-refractivity contribution is 0.252. The van der Waals surface area contributed by atoms with Crippen molar-refractivity contribution in [2.75, 3.05) is 4.72 Å². The lowest BCUT2D eigenvalue weighted by Crippen LogP contribution is -2.13. The third-order valence-electron chi connectivity index (χ3n) is 2.61. The first-order valence-corrected chi connectivity index (χ1v) is 8.35. The number of halogens is 2. The quantitative estimate of drug-likeness (QED) is 0.843. The molecule has 4 nitrogen and oxygen atoms in total. The van der Waals surface area contributed by atoms with E-state index >= 15 is 0 Å². The molecule has 0 aromatic heterocycles. The average molecular weight is 340 g/mol. The zero-order valence-corrected chi connectivity index (χ0v) is 12.7. The number of anilines is 1. The third kappa shape index (κ3) is 4.19. The van der Waals surface area contributed by atoms with Crippen LogP contribution in [0.4, 0.5) is 14.5 Å². The summed E-state index contributed by atoms with van der Waals surface area (Å²) in [6, 6.07) is 13.0. The first-order chi connectivity index (χ1) is 10.4. The van der Waals surface area contributed by atoms with Gasteiger partial charge in [-0.15, -0.1) is 0 Å². The highest BCUT2D eigenvalue weighted by molar-refractivity contribution is 7.99. The third-order valence-corrected chi connectivity index (χ3v) is 4.71. The molecule has 0 saturated heterocycles. The van der Waals surface area contributed by atoms with Gasteiger partial charge in [-0.3, -0.25) is 4.72 Å². The predicted octanol–water partition coefficient (Wildman–Crippen LogP) is 3.67. The zero-order chi connectivity index (χ0) is 16.2. The Labute approximate surface area is 130 Å². The maximum atomic E-state index is 12.2. The lowest BCUT2D eigenvalue weighted by atomic mass is 10.2. The minimum absolute atomic E-state index is 0.0439. The molecule has 0 amide bonds. The first-order valence-electron chi connectivity index (χ1n) is 5.98. The number of nitriles is 1. The summed E-state index contributed by atoms with van der Waals surface area (Å²) in [6.07, 6.45) is 0. The number of hydrogen-bond donors (Lipinski definition) is 1. The molecule has 1 N–H and O–H groups in total. The predicted molar refractivity (Wildman–Crippen MR) is 80.3 cm³/mol. The number of rotatable bonds is 5. The Morgan fingerprint density at radius 3 is 2.41 bits per heavy atom. The van der Waals surface area contributed by atoms with Gasteiger partial charge in [-0.2, -0.15) is 14.0 Å². The Morgan fingerprint density at radius 2 is 1.82 bits per heavy atom. The van der Waals surface area contributed by atoms with Crippen molar-refractivity contribution in [3.63, 3.8) is 0 Å². The van der Waals surface area contributed by atoms with Gasteiger partial charge in [0.25, 0.3) is 15.8 Å². The molecule has 0 aliphatic carbocycles. The van der Waals surface area contributed by atoms with E-state index in [1.807, 2.05) is 6.07 Å². The van der Waals surface area contributed by atoms with E-state index in [4.69, 9.17) is 5.26 Å². The van der Waals surface area contributed by atoms with Crippen LogP contribution in [0.1, 0.15) is 5.56 Å². The summed E-state index contributed by atoms with van der Waals surface area (Å²) < 4.78 is 51.1. The van der Waals surface area contributed by atoms with Crippen LogP contribution in [0.3, 0.4) is 0 Å². The molecule has 0 aliphatic rings. The highest BCUT2D eigenvalue weighted by atomic mass is 32.2. The van der Waals surface area contributed by atoms with Crippen molar-refractivity contribution in [2.24, 2.45) is 0 Å². The molecule has 2 aromatic carbocycles. The largest absolute Gasteiger partial charge is 0.288 e. The zero-order valence-electron chi connectivity index (χ0n) is 11.0. The van der Waals surface area contributed by atoms with Crippen molar-refractivity contribution in [2.45, 2.75) is 15.5 Å². The van der Waals surface area contributed by atoms with Gasteiger partial charge >= 0.3 is 0 Å². The van der Waals surface area contributed by atoms with Crippen LogP contribution in [0.5, 0.6) is 0 Å². The summed E-state index contributed by atoms with van der Waals surface area (Å²) in [5.41, 5.74) is 0.479. The van der Waals surface area contributed by atoms with E-state index in [2.05, 4.69) is 4.72 Å². The van der Waals surface area contributed by atoms with Crippen molar-refractivity contribution in [1.82, 2.24) is 0 Å². The molecule has 8 heteroatoms. The monoisotopic (exact) mass is 340 g/mol. The van der Waals surface area contributed by atoms with Crippen molar-refractivity contribution in [1.29, 1.82) is 5.26 Å². The van der Waals surface area contributed by atoms with Crippen molar-refractivity contribution in [3.05, 3.63) is 54.1 Å². The van der Waals surface area contributed by atoms with E-state index in [-0.39, 0.29) is 16.1 Å². The highest BCUT2D eigenvalue weighted by Crippen LogP contribution is 2.26. The van der Waals surface area contributed by atoms with Crippen molar-refractivity contribution in [3.8, 4) is 6.07 Å². The Bertz CT molecular complexity index is 800. The molecule has 0 bridgehead atoms. The molecule has 0 radical (unpaired) electrons. The molecule has 22 heavy (non-hydrogen) atoms. The minimum atomic E-state index is -3.84. The molecule has 0 heterocycles. The second-order valence-corrected chi connectivity index (χ2v) is 6.89. The van der Waals surface area contributed by atoms with Gasteiger partial charge < -0.3 is 0 Å². The Morgan fingerprint density at radius 1 is 1.14 bits per heavy atom. The molecule has 0 fully saturated rings. The average Bonchev–Trinajstić information content (AvgIpc) is 2.48. The molecular formula is C14H10F2N2O2S2. The molecule has 0 aliphatic heterocycles. The number of nitrogens with one attached hydrogen (secondary N) is 1. The van der Waals surface area contributed by atoms with Crippen molar-refractivity contribution < 1.29 is 17.2 Å². The van der Waals surface area contributed by atoms with Gasteiger partial charge in [-0.1, -0.05) is 17.8 Å². The van der Waals surface area contributed by atoms with Gasteiger partial charge in [0.05, 0.1) is 16.5 Å². The van der Waals surface area contributed by atoms with Crippen LogP contribution in [0.15, 0.2) is 58.3 Å². The minimum Gasteiger partial charge on any atom is -0.280 e. The number of benzene rings is 2. The van der Waals surface area contributed by atoms with E-state index < -0.39 is 15.8 Å². The molecule has 0 spiro atoms. The fraction of sp³-hybridized carbons (Fsp3) is 0.0714. The van der Waals surface area contributed by atoms with Crippen LogP contribution < -0.4 is 4.72 Å². The number of sulfonamides is 1. The Hall–Kier alpha value is -2.11.